The number of hydrogen-bond donors (Lipinski definition) is 2. The van der Waals surface area contributed by atoms with Crippen molar-refractivity contribution in [3.8, 4) is 22.7 Å². The van der Waals surface area contributed by atoms with E-state index in [4.69, 9.17) is 13.9 Å². The number of nitrogens with zero attached hydrogens (tertiary/aromatic N) is 4. The van der Waals surface area contributed by atoms with E-state index in [9.17, 15) is 18.4 Å². The molecule has 180 valence electrons. The molecule has 4 heterocycles. The molecule has 35 heavy (non-hydrogen) atoms. The first kappa shape index (κ1) is 22.4. The fourth-order valence-electron chi connectivity index (χ4n) is 3.96. The van der Waals surface area contributed by atoms with Gasteiger partial charge in [0.15, 0.2) is 0 Å². The molecule has 1 aromatic carbocycles. The zero-order valence-electron chi connectivity index (χ0n) is 18.2. The summed E-state index contributed by atoms with van der Waals surface area (Å²) < 4.78 is 38.0. The third-order valence-electron chi connectivity index (χ3n) is 5.76. The highest BCUT2D eigenvalue weighted by molar-refractivity contribution is 5.96. The van der Waals surface area contributed by atoms with E-state index in [0.717, 1.165) is 0 Å². The Kier molecular flexibility index (Phi) is 5.63. The van der Waals surface area contributed by atoms with Gasteiger partial charge in [0, 0.05) is 43.1 Å². The molecule has 10 nitrogen and oxygen atoms in total. The van der Waals surface area contributed by atoms with Crippen molar-refractivity contribution in [1.82, 2.24) is 25.4 Å². The summed E-state index contributed by atoms with van der Waals surface area (Å²) in [5.41, 5.74) is 2.45. The molecule has 1 aliphatic rings. The lowest BCUT2D eigenvalue weighted by atomic mass is 10.0. The Morgan fingerprint density at radius 1 is 1.17 bits per heavy atom. The molecule has 12 heteroatoms. The Hall–Kier alpha value is -4.35. The van der Waals surface area contributed by atoms with Crippen molar-refractivity contribution in [3.63, 3.8) is 0 Å². The number of alkyl halides is 2. The predicted molar refractivity (Wildman–Crippen MR) is 118 cm³/mol. The monoisotopic (exact) mass is 483 g/mol. The second-order valence-electron chi connectivity index (χ2n) is 8.14. The number of carbonyl (C=O) groups excluding carboxylic acids is 1. The van der Waals surface area contributed by atoms with Crippen LogP contribution in [-0.4, -0.2) is 56.2 Å². The average Bonchev–Trinajstić information content (AvgIpc) is 3.52. The molecule has 1 aliphatic heterocycles. The van der Waals surface area contributed by atoms with E-state index in [0.29, 0.717) is 39.1 Å². The van der Waals surface area contributed by atoms with Gasteiger partial charge >= 0.3 is 6.09 Å². The highest BCUT2D eigenvalue weighted by atomic mass is 19.3. The summed E-state index contributed by atoms with van der Waals surface area (Å²) in [5.74, 6) is -2.48. The molecule has 0 spiro atoms. The Labute approximate surface area is 196 Å². The highest BCUT2D eigenvalue weighted by Gasteiger charge is 2.35. The maximum Gasteiger partial charge on any atom is 0.405 e. The van der Waals surface area contributed by atoms with Crippen LogP contribution in [0.3, 0.4) is 0 Å². The van der Waals surface area contributed by atoms with Gasteiger partial charge in [-0.3, -0.25) is 9.78 Å². The summed E-state index contributed by atoms with van der Waals surface area (Å²) in [7, 11) is 0. The second kappa shape index (κ2) is 8.78. The van der Waals surface area contributed by atoms with Crippen molar-refractivity contribution in [3.05, 3.63) is 54.2 Å². The molecule has 0 unspecified atom stereocenters. The van der Waals surface area contributed by atoms with Crippen LogP contribution in [-0.2, 0) is 6.54 Å². The number of benzene rings is 1. The summed E-state index contributed by atoms with van der Waals surface area (Å²) in [6, 6.07) is 8.51. The lowest BCUT2D eigenvalue weighted by molar-refractivity contribution is -0.0494. The fraction of sp³-hybridized carbons (Fsp3) is 0.261. The number of nitrogens with one attached hydrogen (secondary N) is 1. The third kappa shape index (κ3) is 4.67. The molecular formula is C23H19F2N5O5. The van der Waals surface area contributed by atoms with Crippen molar-refractivity contribution >= 4 is 23.0 Å². The standard InChI is InChI=1S/C23H19F2N5O5/c24-23(25)3-5-30(6-4-23)21(31)13-1-2-18(26-10-13)14-7-15-8-16(11-27-22(32)33)35-19(15)17(9-14)20-29-28-12-34-20/h1-2,7-10,12,27H,3-6,11H2,(H,32,33). The van der Waals surface area contributed by atoms with E-state index in [1.807, 2.05) is 0 Å². The summed E-state index contributed by atoms with van der Waals surface area (Å²) in [6.45, 7) is -0.0329. The van der Waals surface area contributed by atoms with E-state index in [1.165, 1.54) is 17.5 Å². The van der Waals surface area contributed by atoms with Crippen LogP contribution in [0.5, 0.6) is 0 Å². The Morgan fingerprint density at radius 3 is 2.63 bits per heavy atom. The van der Waals surface area contributed by atoms with Crippen molar-refractivity contribution < 1.29 is 32.3 Å². The minimum atomic E-state index is -2.73. The van der Waals surface area contributed by atoms with Gasteiger partial charge in [0.1, 0.15) is 11.3 Å². The Morgan fingerprint density at radius 2 is 1.97 bits per heavy atom. The van der Waals surface area contributed by atoms with E-state index >= 15 is 0 Å². The summed E-state index contributed by atoms with van der Waals surface area (Å²) in [4.78, 5) is 29.4. The van der Waals surface area contributed by atoms with Crippen LogP contribution in [0.2, 0.25) is 0 Å². The summed E-state index contributed by atoms with van der Waals surface area (Å²) in [6.07, 6.45) is 0.715. The van der Waals surface area contributed by atoms with Gasteiger partial charge in [0.2, 0.25) is 6.39 Å². The van der Waals surface area contributed by atoms with Crippen LogP contribution in [0.4, 0.5) is 13.6 Å². The molecule has 1 fully saturated rings. The van der Waals surface area contributed by atoms with Crippen molar-refractivity contribution in [2.24, 2.45) is 0 Å². The molecule has 0 bridgehead atoms. The highest BCUT2D eigenvalue weighted by Crippen LogP contribution is 2.35. The van der Waals surface area contributed by atoms with Crippen LogP contribution in [0.25, 0.3) is 33.7 Å². The summed E-state index contributed by atoms with van der Waals surface area (Å²) >= 11 is 0. The lowest BCUT2D eigenvalue weighted by Crippen LogP contribution is -2.42. The molecule has 0 atom stereocenters. The van der Waals surface area contributed by atoms with Crippen molar-refractivity contribution in [1.29, 1.82) is 0 Å². The number of furan rings is 1. The van der Waals surface area contributed by atoms with Crippen LogP contribution in [0, 0.1) is 0 Å². The van der Waals surface area contributed by atoms with Crippen molar-refractivity contribution in [2.45, 2.75) is 25.3 Å². The minimum Gasteiger partial charge on any atom is -0.465 e. The predicted octanol–water partition coefficient (Wildman–Crippen LogP) is 4.18. The number of rotatable bonds is 5. The van der Waals surface area contributed by atoms with Crippen LogP contribution >= 0.6 is 0 Å². The number of carboxylic acid groups (broad SMARTS) is 1. The van der Waals surface area contributed by atoms with Crippen molar-refractivity contribution in [2.75, 3.05) is 13.1 Å². The molecule has 0 aliphatic carbocycles. The maximum absolute atomic E-state index is 13.4. The zero-order valence-corrected chi connectivity index (χ0v) is 18.2. The van der Waals surface area contributed by atoms with Gasteiger partial charge in [0.25, 0.3) is 17.7 Å². The number of halogens is 2. The van der Waals surface area contributed by atoms with Crippen LogP contribution in [0.15, 0.2) is 51.8 Å². The van der Waals surface area contributed by atoms with E-state index in [-0.39, 0.29) is 44.3 Å². The molecule has 1 saturated heterocycles. The number of piperidine rings is 1. The normalized spacial score (nSPS) is 15.3. The minimum absolute atomic E-state index is 0.00263. The molecule has 2 N–H and O–H groups in total. The first-order valence-electron chi connectivity index (χ1n) is 10.7. The van der Waals surface area contributed by atoms with Gasteiger partial charge in [-0.1, -0.05) is 0 Å². The number of carbonyl (C=O) groups is 2. The lowest BCUT2D eigenvalue weighted by Gasteiger charge is -2.31. The topological polar surface area (TPSA) is 135 Å². The molecule has 0 radical (unpaired) electrons. The number of pyridine rings is 1. The number of fused-ring (bicyclic) bond motifs is 1. The van der Waals surface area contributed by atoms with Gasteiger partial charge in [-0.05, 0) is 30.3 Å². The van der Waals surface area contributed by atoms with Gasteiger partial charge in [-0.25, -0.2) is 13.6 Å². The largest absolute Gasteiger partial charge is 0.465 e. The van der Waals surface area contributed by atoms with Crippen LogP contribution < -0.4 is 5.32 Å². The zero-order chi connectivity index (χ0) is 24.6. The van der Waals surface area contributed by atoms with E-state index in [2.05, 4.69) is 20.5 Å². The molecule has 0 saturated carbocycles. The summed E-state index contributed by atoms with van der Waals surface area (Å²) in [5, 5.41) is 19.4. The van der Waals surface area contributed by atoms with Gasteiger partial charge in [-0.2, -0.15) is 0 Å². The number of hydrogen-bond acceptors (Lipinski definition) is 7. The second-order valence-corrected chi connectivity index (χ2v) is 8.14. The Bertz CT molecular complexity index is 1380. The average molecular weight is 483 g/mol. The van der Waals surface area contributed by atoms with E-state index in [1.54, 1.807) is 30.3 Å². The quantitative estimate of drug-likeness (QED) is 0.432. The molecule has 4 aromatic rings. The Balaban J connectivity index is 1.45. The fourth-order valence-corrected chi connectivity index (χ4v) is 3.96. The number of likely N-dealkylation sites (tertiary alicyclic amines) is 1. The molecular weight excluding hydrogens is 464 g/mol. The van der Waals surface area contributed by atoms with Crippen LogP contribution in [0.1, 0.15) is 29.0 Å². The van der Waals surface area contributed by atoms with Gasteiger partial charge < -0.3 is 24.2 Å². The van der Waals surface area contributed by atoms with Gasteiger partial charge in [-0.15, -0.1) is 10.2 Å². The first-order valence-corrected chi connectivity index (χ1v) is 10.7. The molecule has 3 aromatic heterocycles. The molecule has 5 rings (SSSR count). The number of amides is 2. The third-order valence-corrected chi connectivity index (χ3v) is 5.76. The number of aromatic nitrogens is 3. The maximum atomic E-state index is 13.4. The SMILES string of the molecule is O=C(O)NCc1cc2cc(-c3ccc(C(=O)N4CCC(F)(F)CC4)cn3)cc(-c3nnco3)c2o1. The van der Waals surface area contributed by atoms with E-state index < -0.39 is 12.0 Å². The molecule has 2 amide bonds. The van der Waals surface area contributed by atoms with Gasteiger partial charge in [0.05, 0.1) is 23.4 Å². The first-order chi connectivity index (χ1) is 16.8. The smallest absolute Gasteiger partial charge is 0.405 e.